The smallest absolute Gasteiger partial charge is 0.390 e. The normalized spacial score (nSPS) is 13.7. The van der Waals surface area contributed by atoms with Crippen LogP contribution in [0.2, 0.25) is 0 Å². The van der Waals surface area contributed by atoms with Gasteiger partial charge in [0.05, 0.1) is 12.6 Å². The number of aromatic nitrogens is 1. The van der Waals surface area contributed by atoms with Crippen LogP contribution in [0, 0.1) is 0 Å². The number of hydrogen-bond donors (Lipinski definition) is 2. The average Bonchev–Trinajstić information content (AvgIpc) is 2.19. The minimum absolute atomic E-state index is 0.110. The summed E-state index contributed by atoms with van der Waals surface area (Å²) < 4.78 is 38.4. The number of alkyl halides is 3. The number of likely N-dealkylation sites (N-methyl/N-ethyl adjacent to an activating group) is 1. The SMILES string of the molecule is CNCC(O)Cn1c(C(F)(F)F)cccc1=O. The van der Waals surface area contributed by atoms with Crippen LogP contribution >= 0.6 is 0 Å². The van der Waals surface area contributed by atoms with Crippen LogP contribution in [-0.4, -0.2) is 29.4 Å². The van der Waals surface area contributed by atoms with Crippen molar-refractivity contribution in [3.05, 3.63) is 34.2 Å². The van der Waals surface area contributed by atoms with E-state index in [0.29, 0.717) is 4.57 Å². The van der Waals surface area contributed by atoms with Crippen LogP contribution in [-0.2, 0) is 12.7 Å². The van der Waals surface area contributed by atoms with Crippen LogP contribution in [0.3, 0.4) is 0 Å². The van der Waals surface area contributed by atoms with Crippen LogP contribution in [0.15, 0.2) is 23.0 Å². The van der Waals surface area contributed by atoms with Gasteiger partial charge in [-0.1, -0.05) is 6.07 Å². The highest BCUT2D eigenvalue weighted by Gasteiger charge is 2.34. The van der Waals surface area contributed by atoms with Gasteiger partial charge in [0, 0.05) is 12.6 Å². The molecule has 2 N–H and O–H groups in total. The summed E-state index contributed by atoms with van der Waals surface area (Å²) in [4.78, 5) is 11.4. The van der Waals surface area contributed by atoms with Gasteiger partial charge in [-0.15, -0.1) is 0 Å². The molecule has 0 bridgehead atoms. The van der Waals surface area contributed by atoms with Crippen molar-refractivity contribution >= 4 is 0 Å². The highest BCUT2D eigenvalue weighted by molar-refractivity contribution is 5.10. The van der Waals surface area contributed by atoms with Crippen LogP contribution in [0.1, 0.15) is 5.69 Å². The number of pyridine rings is 1. The summed E-state index contributed by atoms with van der Waals surface area (Å²) in [5, 5.41) is 12.0. The molecule has 96 valence electrons. The Morgan fingerprint density at radius 2 is 2.12 bits per heavy atom. The lowest BCUT2D eigenvalue weighted by Crippen LogP contribution is -2.35. The quantitative estimate of drug-likeness (QED) is 0.815. The Kier molecular flexibility index (Phi) is 4.30. The molecule has 0 aliphatic heterocycles. The molecule has 0 aromatic carbocycles. The average molecular weight is 250 g/mol. The number of aliphatic hydroxyl groups excluding tert-OH is 1. The first-order chi connectivity index (χ1) is 7.86. The van der Waals surface area contributed by atoms with Gasteiger partial charge in [-0.05, 0) is 13.1 Å². The van der Waals surface area contributed by atoms with E-state index in [9.17, 15) is 23.1 Å². The third kappa shape index (κ3) is 3.57. The molecule has 4 nitrogen and oxygen atoms in total. The van der Waals surface area contributed by atoms with E-state index in [0.717, 1.165) is 18.2 Å². The molecule has 1 atom stereocenters. The van der Waals surface area contributed by atoms with E-state index in [2.05, 4.69) is 5.32 Å². The van der Waals surface area contributed by atoms with Crippen molar-refractivity contribution in [1.82, 2.24) is 9.88 Å². The summed E-state index contributed by atoms with van der Waals surface area (Å²) in [6.07, 6.45) is -5.67. The maximum Gasteiger partial charge on any atom is 0.431 e. The first kappa shape index (κ1) is 13.7. The number of nitrogens with zero attached hydrogens (tertiary/aromatic N) is 1. The molecule has 17 heavy (non-hydrogen) atoms. The van der Waals surface area contributed by atoms with E-state index in [-0.39, 0.29) is 6.54 Å². The molecule has 0 aliphatic carbocycles. The van der Waals surface area contributed by atoms with Gasteiger partial charge in [0.25, 0.3) is 5.56 Å². The number of halogens is 3. The molecule has 0 radical (unpaired) electrons. The van der Waals surface area contributed by atoms with Gasteiger partial charge >= 0.3 is 6.18 Å². The molecule has 0 fully saturated rings. The predicted octanol–water partition coefficient (Wildman–Crippen LogP) is 0.447. The van der Waals surface area contributed by atoms with Gasteiger partial charge in [0.15, 0.2) is 0 Å². The Morgan fingerprint density at radius 3 is 2.65 bits per heavy atom. The lowest BCUT2D eigenvalue weighted by atomic mass is 10.3. The second kappa shape index (κ2) is 5.33. The van der Waals surface area contributed by atoms with Gasteiger partial charge in [-0.25, -0.2) is 0 Å². The molecule has 7 heteroatoms. The highest BCUT2D eigenvalue weighted by atomic mass is 19.4. The summed E-state index contributed by atoms with van der Waals surface area (Å²) >= 11 is 0. The fraction of sp³-hybridized carbons (Fsp3) is 0.500. The number of nitrogens with one attached hydrogen (secondary N) is 1. The molecular formula is C10H13F3N2O2. The Morgan fingerprint density at radius 1 is 1.47 bits per heavy atom. The van der Waals surface area contributed by atoms with E-state index < -0.39 is 30.1 Å². The fourth-order valence-corrected chi connectivity index (χ4v) is 1.47. The van der Waals surface area contributed by atoms with Crippen molar-refractivity contribution in [2.75, 3.05) is 13.6 Å². The largest absolute Gasteiger partial charge is 0.431 e. The van der Waals surface area contributed by atoms with Crippen LogP contribution in [0.25, 0.3) is 0 Å². The van der Waals surface area contributed by atoms with E-state index >= 15 is 0 Å². The number of aliphatic hydroxyl groups is 1. The number of rotatable bonds is 4. The van der Waals surface area contributed by atoms with Crippen molar-refractivity contribution in [2.24, 2.45) is 0 Å². The first-order valence-corrected chi connectivity index (χ1v) is 4.96. The third-order valence-electron chi connectivity index (χ3n) is 2.17. The van der Waals surface area contributed by atoms with Crippen molar-refractivity contribution in [3.63, 3.8) is 0 Å². The molecule has 1 rings (SSSR count). The van der Waals surface area contributed by atoms with Gasteiger partial charge in [-0.3, -0.25) is 4.79 Å². The molecule has 0 spiro atoms. The topological polar surface area (TPSA) is 54.3 Å². The van der Waals surface area contributed by atoms with Gasteiger partial charge in [0.2, 0.25) is 0 Å². The first-order valence-electron chi connectivity index (χ1n) is 4.96. The Balaban J connectivity index is 3.09. The Bertz CT molecular complexity index is 428. The molecular weight excluding hydrogens is 237 g/mol. The summed E-state index contributed by atoms with van der Waals surface area (Å²) in [7, 11) is 1.56. The van der Waals surface area contributed by atoms with Crippen molar-refractivity contribution < 1.29 is 18.3 Å². The lowest BCUT2D eigenvalue weighted by molar-refractivity contribution is -0.144. The van der Waals surface area contributed by atoms with Crippen molar-refractivity contribution in [3.8, 4) is 0 Å². The predicted molar refractivity (Wildman–Crippen MR) is 55.6 cm³/mol. The molecule has 1 unspecified atom stereocenters. The van der Waals surface area contributed by atoms with Crippen molar-refractivity contribution in [1.29, 1.82) is 0 Å². The second-order valence-electron chi connectivity index (χ2n) is 3.57. The maximum absolute atomic E-state index is 12.6. The van der Waals surface area contributed by atoms with Gasteiger partial charge in [0.1, 0.15) is 5.69 Å². The van der Waals surface area contributed by atoms with Crippen molar-refractivity contribution in [2.45, 2.75) is 18.8 Å². The lowest BCUT2D eigenvalue weighted by Gasteiger charge is -2.17. The molecule has 0 amide bonds. The van der Waals surface area contributed by atoms with E-state index in [1.54, 1.807) is 7.05 Å². The zero-order valence-electron chi connectivity index (χ0n) is 9.16. The molecule has 0 saturated carbocycles. The minimum atomic E-state index is -4.61. The monoisotopic (exact) mass is 250 g/mol. The van der Waals surface area contributed by atoms with Gasteiger partial charge in [-0.2, -0.15) is 13.2 Å². The fourth-order valence-electron chi connectivity index (χ4n) is 1.47. The zero-order chi connectivity index (χ0) is 13.1. The Hall–Kier alpha value is -1.34. The van der Waals surface area contributed by atoms with E-state index in [1.807, 2.05) is 0 Å². The standard InChI is InChI=1S/C10H13F3N2O2/c1-14-5-7(16)6-15-8(10(11,12)13)3-2-4-9(15)17/h2-4,7,14,16H,5-6H2,1H3. The highest BCUT2D eigenvalue weighted by Crippen LogP contribution is 2.28. The summed E-state index contributed by atoms with van der Waals surface area (Å²) in [6.45, 7) is -0.284. The van der Waals surface area contributed by atoms with Crippen LogP contribution in [0.5, 0.6) is 0 Å². The van der Waals surface area contributed by atoms with E-state index in [1.165, 1.54) is 0 Å². The maximum atomic E-state index is 12.6. The van der Waals surface area contributed by atoms with Crippen LogP contribution in [0.4, 0.5) is 13.2 Å². The minimum Gasteiger partial charge on any atom is -0.390 e. The van der Waals surface area contributed by atoms with E-state index in [4.69, 9.17) is 0 Å². The summed E-state index contributed by atoms with van der Waals surface area (Å²) in [5.41, 5.74) is -1.84. The summed E-state index contributed by atoms with van der Waals surface area (Å²) in [6, 6.07) is 2.89. The molecule has 1 aromatic heterocycles. The number of hydrogen-bond acceptors (Lipinski definition) is 3. The molecule has 1 aromatic rings. The molecule has 0 saturated heterocycles. The second-order valence-corrected chi connectivity index (χ2v) is 3.57. The summed E-state index contributed by atoms with van der Waals surface area (Å²) in [5.74, 6) is 0. The third-order valence-corrected chi connectivity index (χ3v) is 2.17. The molecule has 1 heterocycles. The molecule has 0 aliphatic rings. The Labute approximate surface area is 95.7 Å². The van der Waals surface area contributed by atoms with Crippen LogP contribution < -0.4 is 10.9 Å². The zero-order valence-corrected chi connectivity index (χ0v) is 9.16. The van der Waals surface area contributed by atoms with Gasteiger partial charge < -0.3 is 15.0 Å².